The van der Waals surface area contributed by atoms with Gasteiger partial charge in [0.25, 0.3) is 0 Å². The summed E-state index contributed by atoms with van der Waals surface area (Å²) in [7, 11) is 2.11. The second-order valence-electron chi connectivity index (χ2n) is 7.71. The standard InChI is InChI=1S/C23H28N4O/c1-26(14-11-19-7-4-5-13-24-19)22-12-15-27(17-23(22)28)16-20-10-9-18-6-2-3-8-21(18)25-20/h2-10,13,22-23,28H,11-12,14-17H2,1H3/t22-,23-/m1/s1. The summed E-state index contributed by atoms with van der Waals surface area (Å²) in [6, 6.07) is 18.6. The molecule has 5 heteroatoms. The van der Waals surface area contributed by atoms with E-state index >= 15 is 0 Å². The van der Waals surface area contributed by atoms with E-state index in [1.165, 1.54) is 5.39 Å². The number of hydrogen-bond donors (Lipinski definition) is 1. The van der Waals surface area contributed by atoms with Gasteiger partial charge >= 0.3 is 0 Å². The molecule has 0 radical (unpaired) electrons. The molecule has 28 heavy (non-hydrogen) atoms. The number of likely N-dealkylation sites (N-methyl/N-ethyl adjacent to an activating group) is 1. The smallest absolute Gasteiger partial charge is 0.0822 e. The fraction of sp³-hybridized carbons (Fsp3) is 0.391. The summed E-state index contributed by atoms with van der Waals surface area (Å²) in [5.74, 6) is 0. The van der Waals surface area contributed by atoms with Gasteiger partial charge in [0.05, 0.1) is 17.3 Å². The largest absolute Gasteiger partial charge is 0.390 e. The average molecular weight is 377 g/mol. The highest BCUT2D eigenvalue weighted by atomic mass is 16.3. The number of aromatic nitrogens is 2. The molecule has 1 aliphatic rings. The summed E-state index contributed by atoms with van der Waals surface area (Å²) in [6.07, 6.45) is 3.37. The fourth-order valence-corrected chi connectivity index (χ4v) is 4.07. The normalized spacial score (nSPS) is 20.7. The highest BCUT2D eigenvalue weighted by Crippen LogP contribution is 2.19. The van der Waals surface area contributed by atoms with Crippen molar-refractivity contribution in [2.75, 3.05) is 26.7 Å². The Morgan fingerprint density at radius 1 is 1.07 bits per heavy atom. The van der Waals surface area contributed by atoms with E-state index in [2.05, 4.69) is 52.2 Å². The first kappa shape index (κ1) is 19.0. The second kappa shape index (κ2) is 8.78. The number of β-amino-alcohol motifs (C(OH)–C–C–N with tert-alkyl or cyclic N) is 1. The molecule has 3 aromatic rings. The molecule has 0 unspecified atom stereocenters. The molecule has 2 aromatic heterocycles. The SMILES string of the molecule is CN(CCc1ccccn1)[C@@H]1CCN(Cc2ccc3ccccc3n2)C[C@H]1O. The third-order valence-electron chi connectivity index (χ3n) is 5.69. The van der Waals surface area contributed by atoms with Gasteiger partial charge in [0, 0.05) is 55.9 Å². The van der Waals surface area contributed by atoms with Gasteiger partial charge in [-0.05, 0) is 37.7 Å². The predicted octanol–water partition coefficient (Wildman–Crippen LogP) is 2.74. The van der Waals surface area contributed by atoms with Crippen molar-refractivity contribution < 1.29 is 5.11 Å². The molecule has 3 heterocycles. The van der Waals surface area contributed by atoms with E-state index in [1.54, 1.807) is 0 Å². The maximum absolute atomic E-state index is 10.7. The zero-order valence-corrected chi connectivity index (χ0v) is 16.4. The number of pyridine rings is 2. The number of piperidine rings is 1. The van der Waals surface area contributed by atoms with Crippen LogP contribution < -0.4 is 0 Å². The van der Waals surface area contributed by atoms with Gasteiger partial charge < -0.3 is 10.0 Å². The fourth-order valence-electron chi connectivity index (χ4n) is 4.07. The second-order valence-corrected chi connectivity index (χ2v) is 7.71. The maximum Gasteiger partial charge on any atom is 0.0822 e. The number of aliphatic hydroxyl groups is 1. The summed E-state index contributed by atoms with van der Waals surface area (Å²) >= 11 is 0. The predicted molar refractivity (Wildman–Crippen MR) is 112 cm³/mol. The monoisotopic (exact) mass is 376 g/mol. The topological polar surface area (TPSA) is 52.5 Å². The van der Waals surface area contributed by atoms with E-state index in [-0.39, 0.29) is 12.1 Å². The lowest BCUT2D eigenvalue weighted by molar-refractivity contribution is -0.00650. The lowest BCUT2D eigenvalue weighted by Crippen LogP contribution is -2.53. The Kier molecular flexibility index (Phi) is 5.95. The minimum atomic E-state index is -0.345. The first-order valence-electron chi connectivity index (χ1n) is 10.0. The Labute approximate surface area is 166 Å². The first-order chi connectivity index (χ1) is 13.7. The summed E-state index contributed by atoms with van der Waals surface area (Å²) in [5.41, 5.74) is 3.20. The van der Waals surface area contributed by atoms with Crippen molar-refractivity contribution in [3.8, 4) is 0 Å². The van der Waals surface area contributed by atoms with Crippen molar-refractivity contribution in [2.24, 2.45) is 0 Å². The van der Waals surface area contributed by atoms with Gasteiger partial charge in [-0.25, -0.2) is 0 Å². The zero-order chi connectivity index (χ0) is 19.3. The number of benzene rings is 1. The van der Waals surface area contributed by atoms with Crippen LogP contribution in [0.4, 0.5) is 0 Å². The Hall–Kier alpha value is -2.34. The summed E-state index contributed by atoms with van der Waals surface area (Å²) in [5, 5.41) is 11.9. The number of para-hydroxylation sites is 1. The van der Waals surface area contributed by atoms with Crippen molar-refractivity contribution in [1.29, 1.82) is 0 Å². The molecule has 5 nitrogen and oxygen atoms in total. The van der Waals surface area contributed by atoms with Crippen LogP contribution in [0.15, 0.2) is 60.8 Å². The third-order valence-corrected chi connectivity index (χ3v) is 5.69. The molecule has 0 bridgehead atoms. The number of likely N-dealkylation sites (tertiary alicyclic amines) is 1. The molecule has 1 aromatic carbocycles. The van der Waals surface area contributed by atoms with Gasteiger partial charge in [-0.1, -0.05) is 30.3 Å². The quantitative estimate of drug-likeness (QED) is 0.717. The molecule has 0 amide bonds. The third kappa shape index (κ3) is 4.55. The van der Waals surface area contributed by atoms with Crippen molar-refractivity contribution in [3.63, 3.8) is 0 Å². The molecule has 146 valence electrons. The Morgan fingerprint density at radius 2 is 1.93 bits per heavy atom. The van der Waals surface area contributed by atoms with Crippen molar-refractivity contribution in [3.05, 3.63) is 72.2 Å². The van der Waals surface area contributed by atoms with Gasteiger partial charge in [0.1, 0.15) is 0 Å². The van der Waals surface area contributed by atoms with Crippen molar-refractivity contribution in [2.45, 2.75) is 31.5 Å². The molecule has 1 N–H and O–H groups in total. The zero-order valence-electron chi connectivity index (χ0n) is 16.4. The van der Waals surface area contributed by atoms with Crippen molar-refractivity contribution in [1.82, 2.24) is 19.8 Å². The van der Waals surface area contributed by atoms with Gasteiger partial charge in [-0.15, -0.1) is 0 Å². The molecule has 1 saturated heterocycles. The maximum atomic E-state index is 10.7. The molecule has 2 atom stereocenters. The van der Waals surface area contributed by atoms with Crippen LogP contribution in [0.2, 0.25) is 0 Å². The highest BCUT2D eigenvalue weighted by molar-refractivity contribution is 5.78. The van der Waals surface area contributed by atoms with Crippen LogP contribution >= 0.6 is 0 Å². The van der Waals surface area contributed by atoms with Gasteiger partial charge in [-0.2, -0.15) is 0 Å². The molecule has 1 fully saturated rings. The Morgan fingerprint density at radius 3 is 2.75 bits per heavy atom. The number of rotatable bonds is 6. The van der Waals surface area contributed by atoms with Crippen LogP contribution in [-0.4, -0.2) is 63.7 Å². The lowest BCUT2D eigenvalue weighted by Gasteiger charge is -2.40. The highest BCUT2D eigenvalue weighted by Gasteiger charge is 2.30. The molecule has 0 aliphatic carbocycles. The molecule has 1 aliphatic heterocycles. The average Bonchev–Trinajstić information content (AvgIpc) is 2.73. The van der Waals surface area contributed by atoms with Crippen LogP contribution in [0.5, 0.6) is 0 Å². The van der Waals surface area contributed by atoms with Crippen LogP contribution in [0, 0.1) is 0 Å². The van der Waals surface area contributed by atoms with E-state index < -0.39 is 0 Å². The van der Waals surface area contributed by atoms with Crippen molar-refractivity contribution >= 4 is 10.9 Å². The van der Waals surface area contributed by atoms with Crippen LogP contribution in [-0.2, 0) is 13.0 Å². The van der Waals surface area contributed by atoms with Gasteiger partial charge in [0.2, 0.25) is 0 Å². The van der Waals surface area contributed by atoms with E-state index in [1.807, 2.05) is 30.5 Å². The molecule has 0 spiro atoms. The van der Waals surface area contributed by atoms with Crippen LogP contribution in [0.3, 0.4) is 0 Å². The molecule has 0 saturated carbocycles. The molecular formula is C23H28N4O. The summed E-state index contributed by atoms with van der Waals surface area (Å²) in [6.45, 7) is 3.36. The lowest BCUT2D eigenvalue weighted by atomic mass is 10.00. The minimum Gasteiger partial charge on any atom is -0.390 e. The number of nitrogens with zero attached hydrogens (tertiary/aromatic N) is 4. The minimum absolute atomic E-state index is 0.199. The summed E-state index contributed by atoms with van der Waals surface area (Å²) in [4.78, 5) is 13.8. The van der Waals surface area contributed by atoms with Crippen LogP contribution in [0.25, 0.3) is 10.9 Å². The van der Waals surface area contributed by atoms with Gasteiger partial charge in [-0.3, -0.25) is 14.9 Å². The number of hydrogen-bond acceptors (Lipinski definition) is 5. The summed E-state index contributed by atoms with van der Waals surface area (Å²) < 4.78 is 0. The van der Waals surface area contributed by atoms with Crippen LogP contribution in [0.1, 0.15) is 17.8 Å². The molecule has 4 rings (SSSR count). The Bertz CT molecular complexity index is 901. The first-order valence-corrected chi connectivity index (χ1v) is 10.0. The van der Waals surface area contributed by atoms with Gasteiger partial charge in [0.15, 0.2) is 0 Å². The van der Waals surface area contributed by atoms with E-state index in [0.29, 0.717) is 6.54 Å². The van der Waals surface area contributed by atoms with E-state index in [0.717, 1.165) is 49.4 Å². The number of fused-ring (bicyclic) bond motifs is 1. The Balaban J connectivity index is 1.31. The van der Waals surface area contributed by atoms with E-state index in [9.17, 15) is 5.11 Å². The van der Waals surface area contributed by atoms with E-state index in [4.69, 9.17) is 4.98 Å². The number of aliphatic hydroxyl groups excluding tert-OH is 1. The molecular weight excluding hydrogens is 348 g/mol.